The number of anilines is 1. The molecule has 1 fully saturated rings. The molecule has 28 heavy (non-hydrogen) atoms. The fraction of sp³-hybridized carbons (Fsp3) is 0.316. The quantitative estimate of drug-likeness (QED) is 0.693. The lowest BCUT2D eigenvalue weighted by molar-refractivity contribution is -0.120. The first-order chi connectivity index (χ1) is 13.2. The highest BCUT2D eigenvalue weighted by Crippen LogP contribution is 2.27. The predicted molar refractivity (Wildman–Crippen MR) is 113 cm³/mol. The summed E-state index contributed by atoms with van der Waals surface area (Å²) in [5.41, 5.74) is 1.11. The van der Waals surface area contributed by atoms with Crippen LogP contribution >= 0.6 is 34.8 Å². The number of carbonyl (C=O) groups excluding carboxylic acids is 1. The van der Waals surface area contributed by atoms with Gasteiger partial charge in [0.25, 0.3) is 0 Å². The zero-order valence-electron chi connectivity index (χ0n) is 14.9. The molecular formula is C19H19Cl3N2O3S. The van der Waals surface area contributed by atoms with E-state index >= 15 is 0 Å². The maximum atomic E-state index is 12.8. The number of halogens is 3. The van der Waals surface area contributed by atoms with Gasteiger partial charge in [-0.25, -0.2) is 12.7 Å². The number of amides is 1. The lowest BCUT2D eigenvalue weighted by Gasteiger charge is -2.31. The Hall–Kier alpha value is -1.31. The summed E-state index contributed by atoms with van der Waals surface area (Å²) >= 11 is 17.8. The molecule has 9 heteroatoms. The summed E-state index contributed by atoms with van der Waals surface area (Å²) in [5, 5.41) is 4.16. The third-order valence-corrected chi connectivity index (χ3v) is 7.25. The average Bonchev–Trinajstić information content (AvgIpc) is 2.66. The lowest BCUT2D eigenvalue weighted by atomic mass is 9.99. The molecule has 0 radical (unpaired) electrons. The maximum Gasteiger partial charge on any atom is 0.228 e. The van der Waals surface area contributed by atoms with Crippen LogP contribution in [-0.2, 0) is 20.6 Å². The van der Waals surface area contributed by atoms with Gasteiger partial charge in [-0.3, -0.25) is 4.79 Å². The van der Waals surface area contributed by atoms with Crippen LogP contribution in [0.3, 0.4) is 0 Å². The minimum Gasteiger partial charge on any atom is -0.326 e. The second-order valence-electron chi connectivity index (χ2n) is 6.69. The summed E-state index contributed by atoms with van der Waals surface area (Å²) in [6.45, 7) is 0.533. The Morgan fingerprint density at radius 2 is 1.75 bits per heavy atom. The van der Waals surface area contributed by atoms with Crippen LogP contribution in [0.15, 0.2) is 42.5 Å². The van der Waals surface area contributed by atoms with Crippen molar-refractivity contribution < 1.29 is 13.2 Å². The molecule has 1 saturated heterocycles. The number of benzene rings is 2. The Kier molecular flexibility index (Phi) is 6.89. The van der Waals surface area contributed by atoms with Crippen molar-refractivity contribution in [2.75, 3.05) is 18.4 Å². The smallest absolute Gasteiger partial charge is 0.228 e. The van der Waals surface area contributed by atoms with Crippen molar-refractivity contribution in [2.45, 2.75) is 18.6 Å². The highest BCUT2D eigenvalue weighted by atomic mass is 35.5. The van der Waals surface area contributed by atoms with Crippen LogP contribution in [0, 0.1) is 5.92 Å². The molecule has 0 aliphatic carbocycles. The Morgan fingerprint density at radius 1 is 1.07 bits per heavy atom. The first kappa shape index (κ1) is 21.4. The Bertz CT molecular complexity index is 965. The molecule has 0 aromatic heterocycles. The maximum absolute atomic E-state index is 12.8. The van der Waals surface area contributed by atoms with E-state index in [0.717, 1.165) is 0 Å². The lowest BCUT2D eigenvalue weighted by Crippen LogP contribution is -2.44. The number of nitrogens with one attached hydrogen (secondary N) is 1. The summed E-state index contributed by atoms with van der Waals surface area (Å²) in [7, 11) is -3.61. The molecule has 2 aromatic rings. The van der Waals surface area contributed by atoms with Gasteiger partial charge in [-0.1, -0.05) is 40.9 Å². The minimum atomic E-state index is -3.61. The van der Waals surface area contributed by atoms with E-state index in [1.54, 1.807) is 36.4 Å². The Balaban J connectivity index is 1.67. The van der Waals surface area contributed by atoms with Gasteiger partial charge in [-0.05, 0) is 54.8 Å². The monoisotopic (exact) mass is 460 g/mol. The molecule has 2 aromatic carbocycles. The fourth-order valence-corrected chi connectivity index (χ4v) is 5.44. The number of carbonyl (C=O) groups is 1. The third kappa shape index (κ3) is 5.39. The van der Waals surface area contributed by atoms with E-state index in [0.29, 0.717) is 45.7 Å². The molecule has 0 bridgehead atoms. The first-order valence-electron chi connectivity index (χ1n) is 8.73. The highest BCUT2D eigenvalue weighted by molar-refractivity contribution is 7.88. The summed E-state index contributed by atoms with van der Waals surface area (Å²) in [5.74, 6) is -0.847. The van der Waals surface area contributed by atoms with Gasteiger partial charge in [0.1, 0.15) is 0 Å². The van der Waals surface area contributed by atoms with Crippen molar-refractivity contribution in [3.8, 4) is 0 Å². The number of piperidine rings is 1. The highest BCUT2D eigenvalue weighted by Gasteiger charge is 2.32. The van der Waals surface area contributed by atoms with E-state index in [9.17, 15) is 13.2 Å². The standard InChI is InChI=1S/C19H19Cl3N2O3S/c20-15-5-7-17(8-6-15)23-19(25)13-2-1-9-24(11-13)28(26,27)12-14-3-4-16(21)10-18(14)22/h3-8,10,13H,1-2,9,11-12H2,(H,23,25). The van der Waals surface area contributed by atoms with Crippen LogP contribution in [0.4, 0.5) is 5.69 Å². The van der Waals surface area contributed by atoms with Crippen molar-refractivity contribution in [1.82, 2.24) is 4.31 Å². The fourth-order valence-electron chi connectivity index (χ4n) is 3.11. The molecule has 5 nitrogen and oxygen atoms in total. The topological polar surface area (TPSA) is 66.5 Å². The van der Waals surface area contributed by atoms with Gasteiger partial charge in [-0.2, -0.15) is 0 Å². The second-order valence-corrected chi connectivity index (χ2v) is 9.93. The zero-order chi connectivity index (χ0) is 20.3. The molecule has 0 spiro atoms. The predicted octanol–water partition coefficient (Wildman–Crippen LogP) is 4.83. The van der Waals surface area contributed by atoms with Crippen molar-refractivity contribution in [3.05, 3.63) is 63.1 Å². The molecule has 1 unspecified atom stereocenters. The Morgan fingerprint density at radius 3 is 2.43 bits per heavy atom. The van der Waals surface area contributed by atoms with Gasteiger partial charge in [0, 0.05) is 33.8 Å². The van der Waals surface area contributed by atoms with E-state index in [1.165, 1.54) is 10.4 Å². The van der Waals surface area contributed by atoms with Gasteiger partial charge in [0.05, 0.1) is 11.7 Å². The van der Waals surface area contributed by atoms with Gasteiger partial charge in [0.15, 0.2) is 0 Å². The molecule has 3 rings (SSSR count). The second kappa shape index (κ2) is 9.01. The van der Waals surface area contributed by atoms with Crippen LogP contribution in [0.25, 0.3) is 0 Å². The SMILES string of the molecule is O=C(Nc1ccc(Cl)cc1)C1CCCN(S(=O)(=O)Cc2ccc(Cl)cc2Cl)C1. The van der Waals surface area contributed by atoms with Gasteiger partial charge < -0.3 is 5.32 Å². The van der Waals surface area contributed by atoms with Crippen LogP contribution < -0.4 is 5.32 Å². The molecule has 0 saturated carbocycles. The van der Waals surface area contributed by atoms with Crippen LogP contribution in [0.2, 0.25) is 15.1 Å². The minimum absolute atomic E-state index is 0.146. The first-order valence-corrected chi connectivity index (χ1v) is 11.5. The molecule has 1 amide bonds. The van der Waals surface area contributed by atoms with Gasteiger partial charge in [-0.15, -0.1) is 0 Å². The normalized spacial score (nSPS) is 18.0. The molecule has 1 aliphatic heterocycles. The number of nitrogens with zero attached hydrogens (tertiary/aromatic N) is 1. The summed E-state index contributed by atoms with van der Waals surface area (Å²) < 4.78 is 27.1. The average molecular weight is 462 g/mol. The molecule has 150 valence electrons. The Labute approximate surface area is 179 Å². The number of sulfonamides is 1. The van der Waals surface area contributed by atoms with Crippen molar-refractivity contribution in [2.24, 2.45) is 5.92 Å². The summed E-state index contributed by atoms with van der Waals surface area (Å²) in [4.78, 5) is 12.6. The van der Waals surface area contributed by atoms with E-state index in [-0.39, 0.29) is 18.2 Å². The third-order valence-electron chi connectivity index (χ3n) is 4.61. The van der Waals surface area contributed by atoms with Gasteiger partial charge in [0.2, 0.25) is 15.9 Å². The molecule has 1 aliphatic rings. The summed E-state index contributed by atoms with van der Waals surface area (Å²) in [6.07, 6.45) is 1.25. The molecule has 1 heterocycles. The van der Waals surface area contributed by atoms with Crippen molar-refractivity contribution in [1.29, 1.82) is 0 Å². The number of hydrogen-bond donors (Lipinski definition) is 1. The molecule has 1 atom stereocenters. The van der Waals surface area contributed by atoms with E-state index < -0.39 is 15.9 Å². The van der Waals surface area contributed by atoms with E-state index in [4.69, 9.17) is 34.8 Å². The van der Waals surface area contributed by atoms with Crippen molar-refractivity contribution in [3.63, 3.8) is 0 Å². The number of hydrogen-bond acceptors (Lipinski definition) is 3. The zero-order valence-corrected chi connectivity index (χ0v) is 18.0. The van der Waals surface area contributed by atoms with E-state index in [2.05, 4.69) is 5.32 Å². The largest absolute Gasteiger partial charge is 0.326 e. The van der Waals surface area contributed by atoms with E-state index in [1.807, 2.05) is 0 Å². The van der Waals surface area contributed by atoms with Gasteiger partial charge >= 0.3 is 0 Å². The number of rotatable bonds is 5. The van der Waals surface area contributed by atoms with Crippen molar-refractivity contribution >= 4 is 56.4 Å². The van der Waals surface area contributed by atoms with Crippen LogP contribution in [0.5, 0.6) is 0 Å². The summed E-state index contributed by atoms with van der Waals surface area (Å²) in [6, 6.07) is 11.5. The molecule has 1 N–H and O–H groups in total. The van der Waals surface area contributed by atoms with Crippen LogP contribution in [0.1, 0.15) is 18.4 Å². The molecular weight excluding hydrogens is 443 g/mol. The van der Waals surface area contributed by atoms with Crippen LogP contribution in [-0.4, -0.2) is 31.7 Å².